The summed E-state index contributed by atoms with van der Waals surface area (Å²) in [5.41, 5.74) is 2.51. The molecule has 17 heavy (non-hydrogen) atoms. The highest BCUT2D eigenvalue weighted by Gasteiger charge is 2.35. The predicted octanol–water partition coefficient (Wildman–Crippen LogP) is 2.38. The fourth-order valence-corrected chi connectivity index (χ4v) is 2.63. The number of carbonyl (C=O) groups excluding carboxylic acids is 1. The van der Waals surface area contributed by atoms with Gasteiger partial charge in [-0.3, -0.25) is 0 Å². The van der Waals surface area contributed by atoms with Crippen molar-refractivity contribution in [2.45, 2.75) is 25.2 Å². The minimum Gasteiger partial charge on any atom is -0.381 e. The van der Waals surface area contributed by atoms with Crippen LogP contribution in [0.3, 0.4) is 0 Å². The van der Waals surface area contributed by atoms with Crippen LogP contribution in [0, 0.1) is 6.92 Å². The summed E-state index contributed by atoms with van der Waals surface area (Å²) < 4.78 is 5.43. The Morgan fingerprint density at radius 1 is 1.35 bits per heavy atom. The topological polar surface area (TPSA) is 38.7 Å². The van der Waals surface area contributed by atoms with Crippen LogP contribution in [0.25, 0.3) is 0 Å². The smallest absolute Gasteiger partial charge is 0.234 e. The van der Waals surface area contributed by atoms with E-state index in [9.17, 15) is 4.79 Å². The molecule has 3 nitrogen and oxygen atoms in total. The van der Waals surface area contributed by atoms with E-state index in [1.54, 1.807) is 6.08 Å². The second-order valence-electron chi connectivity index (χ2n) is 4.62. The fourth-order valence-electron chi connectivity index (χ4n) is 2.63. The third kappa shape index (κ3) is 2.46. The van der Waals surface area contributed by atoms with Crippen molar-refractivity contribution in [3.05, 3.63) is 35.4 Å². The summed E-state index contributed by atoms with van der Waals surface area (Å²) in [6, 6.07) is 8.33. The highest BCUT2D eigenvalue weighted by molar-refractivity contribution is 5.37. The Kier molecular flexibility index (Phi) is 3.72. The SMILES string of the molecule is Cc1ccccc1C1(CN=C=O)CCOCC1. The number of aliphatic imine (C=N–C) groups is 1. The van der Waals surface area contributed by atoms with Crippen LogP contribution in [0.15, 0.2) is 29.3 Å². The maximum atomic E-state index is 10.4. The first kappa shape index (κ1) is 12.0. The Morgan fingerprint density at radius 3 is 2.71 bits per heavy atom. The fraction of sp³-hybridized carbons (Fsp3) is 0.500. The van der Waals surface area contributed by atoms with E-state index in [0.717, 1.165) is 26.1 Å². The predicted molar refractivity (Wildman–Crippen MR) is 65.9 cm³/mol. The summed E-state index contributed by atoms with van der Waals surface area (Å²) in [5.74, 6) is 0. The van der Waals surface area contributed by atoms with Gasteiger partial charge in [-0.2, -0.15) is 0 Å². The number of isocyanates is 1. The molecule has 0 aromatic heterocycles. The Balaban J connectivity index is 2.38. The Labute approximate surface area is 102 Å². The van der Waals surface area contributed by atoms with Gasteiger partial charge in [0.25, 0.3) is 0 Å². The van der Waals surface area contributed by atoms with Gasteiger partial charge in [0.15, 0.2) is 0 Å². The lowest BCUT2D eigenvalue weighted by Gasteiger charge is -2.37. The second-order valence-corrected chi connectivity index (χ2v) is 4.62. The maximum absolute atomic E-state index is 10.4. The van der Waals surface area contributed by atoms with Crippen LogP contribution < -0.4 is 0 Å². The molecule has 0 spiro atoms. The van der Waals surface area contributed by atoms with Gasteiger partial charge in [-0.25, -0.2) is 9.79 Å². The highest BCUT2D eigenvalue weighted by atomic mass is 16.5. The zero-order chi connectivity index (χ0) is 12.1. The van der Waals surface area contributed by atoms with Crippen molar-refractivity contribution < 1.29 is 9.53 Å². The first-order valence-corrected chi connectivity index (χ1v) is 5.96. The number of hydrogen-bond donors (Lipinski definition) is 0. The molecule has 3 heteroatoms. The molecule has 1 fully saturated rings. The van der Waals surface area contributed by atoms with E-state index in [-0.39, 0.29) is 5.41 Å². The average Bonchev–Trinajstić information content (AvgIpc) is 2.38. The molecule has 1 heterocycles. The molecule has 0 atom stereocenters. The number of ether oxygens (including phenoxy) is 1. The van der Waals surface area contributed by atoms with Gasteiger partial charge in [0.2, 0.25) is 6.08 Å². The normalized spacial score (nSPS) is 18.4. The lowest BCUT2D eigenvalue weighted by atomic mass is 9.72. The molecule has 0 radical (unpaired) electrons. The summed E-state index contributed by atoms with van der Waals surface area (Å²) in [5, 5.41) is 0. The van der Waals surface area contributed by atoms with Crippen LogP contribution in [-0.2, 0) is 14.9 Å². The van der Waals surface area contributed by atoms with Crippen LogP contribution in [0.5, 0.6) is 0 Å². The minimum absolute atomic E-state index is 0.0407. The monoisotopic (exact) mass is 231 g/mol. The summed E-state index contributed by atoms with van der Waals surface area (Å²) in [6.45, 7) is 4.10. The Morgan fingerprint density at radius 2 is 2.06 bits per heavy atom. The molecular weight excluding hydrogens is 214 g/mol. The molecule has 1 aromatic carbocycles. The molecule has 0 aliphatic carbocycles. The van der Waals surface area contributed by atoms with E-state index in [1.807, 2.05) is 12.1 Å². The van der Waals surface area contributed by atoms with Crippen LogP contribution in [-0.4, -0.2) is 25.8 Å². The third-order valence-corrected chi connectivity index (χ3v) is 3.61. The van der Waals surface area contributed by atoms with Crippen molar-refractivity contribution in [1.29, 1.82) is 0 Å². The van der Waals surface area contributed by atoms with Gasteiger partial charge in [0, 0.05) is 18.6 Å². The van der Waals surface area contributed by atoms with Gasteiger partial charge in [-0.15, -0.1) is 0 Å². The van der Waals surface area contributed by atoms with Crippen molar-refractivity contribution >= 4 is 6.08 Å². The van der Waals surface area contributed by atoms with E-state index >= 15 is 0 Å². The maximum Gasteiger partial charge on any atom is 0.234 e. The number of benzene rings is 1. The van der Waals surface area contributed by atoms with E-state index < -0.39 is 0 Å². The van der Waals surface area contributed by atoms with Crippen LogP contribution >= 0.6 is 0 Å². The number of hydrogen-bond acceptors (Lipinski definition) is 3. The van der Waals surface area contributed by atoms with E-state index in [2.05, 4.69) is 24.0 Å². The average molecular weight is 231 g/mol. The molecule has 1 saturated heterocycles. The van der Waals surface area contributed by atoms with Crippen molar-refractivity contribution in [3.8, 4) is 0 Å². The molecular formula is C14H17NO2. The van der Waals surface area contributed by atoms with Crippen molar-refractivity contribution in [2.75, 3.05) is 19.8 Å². The quantitative estimate of drug-likeness (QED) is 0.591. The van der Waals surface area contributed by atoms with Gasteiger partial charge < -0.3 is 4.74 Å². The highest BCUT2D eigenvalue weighted by Crippen LogP contribution is 2.36. The van der Waals surface area contributed by atoms with E-state index in [4.69, 9.17) is 4.74 Å². The zero-order valence-electron chi connectivity index (χ0n) is 10.1. The number of aryl methyl sites for hydroxylation is 1. The molecule has 1 aliphatic rings. The van der Waals surface area contributed by atoms with Gasteiger partial charge in [-0.1, -0.05) is 24.3 Å². The summed E-state index contributed by atoms with van der Waals surface area (Å²) in [4.78, 5) is 14.2. The standard InChI is InChI=1S/C14H17NO2/c1-12-4-2-3-5-13(12)14(10-15-11-16)6-8-17-9-7-14/h2-5H,6-10H2,1H3. The summed E-state index contributed by atoms with van der Waals surface area (Å²) in [6.07, 6.45) is 3.50. The first-order valence-electron chi connectivity index (χ1n) is 5.96. The molecule has 2 rings (SSSR count). The third-order valence-electron chi connectivity index (χ3n) is 3.61. The first-order chi connectivity index (χ1) is 8.28. The lowest BCUT2D eigenvalue weighted by Crippen LogP contribution is -2.37. The Bertz CT molecular complexity index is 430. The summed E-state index contributed by atoms with van der Waals surface area (Å²) in [7, 11) is 0. The van der Waals surface area contributed by atoms with Crippen molar-refractivity contribution in [1.82, 2.24) is 0 Å². The molecule has 1 aliphatic heterocycles. The van der Waals surface area contributed by atoms with Gasteiger partial charge >= 0.3 is 0 Å². The summed E-state index contributed by atoms with van der Waals surface area (Å²) >= 11 is 0. The molecule has 1 aromatic rings. The van der Waals surface area contributed by atoms with Gasteiger partial charge in [0.05, 0.1) is 6.54 Å². The lowest BCUT2D eigenvalue weighted by molar-refractivity contribution is 0.0529. The molecule has 0 unspecified atom stereocenters. The number of nitrogens with zero attached hydrogens (tertiary/aromatic N) is 1. The minimum atomic E-state index is -0.0407. The molecule has 0 N–H and O–H groups in total. The molecule has 0 saturated carbocycles. The molecule has 90 valence electrons. The van der Waals surface area contributed by atoms with Crippen LogP contribution in [0.2, 0.25) is 0 Å². The van der Waals surface area contributed by atoms with Crippen LogP contribution in [0.4, 0.5) is 0 Å². The van der Waals surface area contributed by atoms with Gasteiger partial charge in [0.1, 0.15) is 0 Å². The van der Waals surface area contributed by atoms with Crippen molar-refractivity contribution in [3.63, 3.8) is 0 Å². The van der Waals surface area contributed by atoms with Crippen molar-refractivity contribution in [2.24, 2.45) is 4.99 Å². The van der Waals surface area contributed by atoms with Crippen LogP contribution in [0.1, 0.15) is 24.0 Å². The van der Waals surface area contributed by atoms with E-state index in [1.165, 1.54) is 11.1 Å². The largest absolute Gasteiger partial charge is 0.381 e. The zero-order valence-corrected chi connectivity index (χ0v) is 10.1. The second kappa shape index (κ2) is 5.26. The molecule has 0 amide bonds. The Hall–Kier alpha value is -1.44. The number of rotatable bonds is 3. The van der Waals surface area contributed by atoms with Gasteiger partial charge in [-0.05, 0) is 30.9 Å². The molecule has 0 bridgehead atoms. The van der Waals surface area contributed by atoms with E-state index in [0.29, 0.717) is 6.54 Å².